The minimum absolute atomic E-state index is 0.193. The second kappa shape index (κ2) is 46.9. The zero-order chi connectivity index (χ0) is 44.8. The first kappa shape index (κ1) is 60.0. The molecule has 11 heteroatoms. The van der Waals surface area contributed by atoms with Gasteiger partial charge in [-0.2, -0.15) is 0 Å². The van der Waals surface area contributed by atoms with Crippen LogP contribution in [0.5, 0.6) is 0 Å². The molecule has 61 heavy (non-hydrogen) atoms. The smallest absolute Gasteiger partial charge is 0.462 e. The summed E-state index contributed by atoms with van der Waals surface area (Å²) in [5.74, 6) is -0.902. The molecule has 0 aromatic carbocycles. The maximum Gasteiger partial charge on any atom is 0.472 e. The van der Waals surface area contributed by atoms with Crippen LogP contribution in [0.25, 0.3) is 0 Å². The normalized spacial score (nSPS) is 13.6. The molecule has 0 aromatic rings. The first-order chi connectivity index (χ1) is 29.7. The zero-order valence-electron chi connectivity index (χ0n) is 39.9. The summed E-state index contributed by atoms with van der Waals surface area (Å²) in [5, 5.41) is 18.4. The summed E-state index contributed by atoms with van der Waals surface area (Å²) in [4.78, 5) is 35.2. The van der Waals surface area contributed by atoms with Crippen molar-refractivity contribution in [3.63, 3.8) is 0 Å². The van der Waals surface area contributed by atoms with Gasteiger partial charge in [0, 0.05) is 12.8 Å². The highest BCUT2D eigenvalue weighted by atomic mass is 31.2. The minimum Gasteiger partial charge on any atom is -0.462 e. The third-order valence-electron chi connectivity index (χ3n) is 11.8. The van der Waals surface area contributed by atoms with Crippen LogP contribution < -0.4 is 0 Å². The van der Waals surface area contributed by atoms with E-state index in [1.807, 2.05) is 0 Å². The first-order valence-electron chi connectivity index (χ1n) is 26.0. The molecule has 0 aromatic heterocycles. The van der Waals surface area contributed by atoms with E-state index < -0.39 is 51.8 Å². The monoisotopic (exact) mass is 891 g/mol. The fourth-order valence-corrected chi connectivity index (χ4v) is 8.55. The van der Waals surface area contributed by atoms with Crippen LogP contribution in [0.3, 0.4) is 0 Å². The molecule has 10 nitrogen and oxygen atoms in total. The first-order valence-corrected chi connectivity index (χ1v) is 27.5. The highest BCUT2D eigenvalue weighted by molar-refractivity contribution is 7.47. The van der Waals surface area contributed by atoms with Crippen molar-refractivity contribution in [2.75, 3.05) is 26.4 Å². The van der Waals surface area contributed by atoms with Crippen molar-refractivity contribution in [2.45, 2.75) is 283 Å². The van der Waals surface area contributed by atoms with Gasteiger partial charge in [-0.15, -0.1) is 0 Å². The molecule has 0 rings (SSSR count). The van der Waals surface area contributed by atoms with Crippen LogP contribution in [0.2, 0.25) is 0 Å². The van der Waals surface area contributed by atoms with E-state index in [0.29, 0.717) is 12.8 Å². The lowest BCUT2D eigenvalue weighted by atomic mass is 10.0. The van der Waals surface area contributed by atoms with Crippen molar-refractivity contribution >= 4 is 19.8 Å². The summed E-state index contributed by atoms with van der Waals surface area (Å²) in [6.45, 7) is 2.45. The van der Waals surface area contributed by atoms with Gasteiger partial charge >= 0.3 is 19.8 Å². The predicted octanol–water partition coefficient (Wildman–Crippen LogP) is 14.6. The zero-order valence-corrected chi connectivity index (χ0v) is 40.8. The van der Waals surface area contributed by atoms with Crippen LogP contribution in [0.4, 0.5) is 0 Å². The van der Waals surface area contributed by atoms with E-state index in [4.69, 9.17) is 23.6 Å². The van der Waals surface area contributed by atoms with Crippen molar-refractivity contribution in [1.29, 1.82) is 0 Å². The highest BCUT2D eigenvalue weighted by Crippen LogP contribution is 2.43. The number of carbonyl (C=O) groups is 2. The molecule has 0 aliphatic heterocycles. The largest absolute Gasteiger partial charge is 0.472 e. The summed E-state index contributed by atoms with van der Waals surface area (Å²) in [5.41, 5.74) is 0. The van der Waals surface area contributed by atoms with Crippen molar-refractivity contribution in [2.24, 2.45) is 0 Å². The number of esters is 2. The molecule has 0 radical (unpaired) electrons. The molecule has 0 amide bonds. The van der Waals surface area contributed by atoms with E-state index in [2.05, 4.69) is 13.8 Å². The Morgan fingerprint density at radius 1 is 0.426 bits per heavy atom. The van der Waals surface area contributed by atoms with Crippen molar-refractivity contribution in [1.82, 2.24) is 0 Å². The third kappa shape index (κ3) is 46.8. The second-order valence-corrected chi connectivity index (χ2v) is 19.4. The Balaban J connectivity index is 4.10. The van der Waals surface area contributed by atoms with Gasteiger partial charge in [-0.3, -0.25) is 18.6 Å². The summed E-state index contributed by atoms with van der Waals surface area (Å²) in [6, 6.07) is 0. The lowest BCUT2D eigenvalue weighted by Crippen LogP contribution is -2.29. The summed E-state index contributed by atoms with van der Waals surface area (Å²) < 4.78 is 32.9. The maximum atomic E-state index is 12.7. The topological polar surface area (TPSA) is 149 Å². The average molecular weight is 891 g/mol. The van der Waals surface area contributed by atoms with E-state index in [9.17, 15) is 24.2 Å². The molecular weight excluding hydrogens is 792 g/mol. The van der Waals surface area contributed by atoms with Gasteiger partial charge in [0.25, 0.3) is 0 Å². The Morgan fingerprint density at radius 3 is 1.02 bits per heavy atom. The quantitative estimate of drug-likeness (QED) is 0.0306. The number of ether oxygens (including phenoxy) is 2. The molecule has 0 heterocycles. The number of carbonyl (C=O) groups excluding carboxylic acids is 2. The van der Waals surface area contributed by atoms with Gasteiger partial charge in [0.15, 0.2) is 6.10 Å². The molecule has 0 aliphatic carbocycles. The molecule has 0 bridgehead atoms. The van der Waals surface area contributed by atoms with Gasteiger partial charge in [-0.1, -0.05) is 245 Å². The Kier molecular flexibility index (Phi) is 46.2. The fourth-order valence-electron chi connectivity index (χ4n) is 7.76. The standard InChI is InChI=1S/C50H99O10P/c1-3-5-7-9-11-13-15-17-19-21-22-23-24-25-26-28-30-32-34-36-38-40-42-50(54)60-48(46-59-61(55,56)58-44-47(52)43-51)45-57-49(53)41-39-37-35-33-31-29-27-20-18-16-14-12-10-8-6-4-2/h47-48,51-52H,3-46H2,1-2H3,(H,55,56). The van der Waals surface area contributed by atoms with Crippen LogP contribution >= 0.6 is 7.82 Å². The number of hydrogen-bond acceptors (Lipinski definition) is 9. The molecule has 0 fully saturated rings. The molecule has 0 spiro atoms. The molecule has 0 aliphatic rings. The lowest BCUT2D eigenvalue weighted by molar-refractivity contribution is -0.161. The van der Waals surface area contributed by atoms with Gasteiger partial charge in [0.05, 0.1) is 19.8 Å². The third-order valence-corrected chi connectivity index (χ3v) is 12.7. The number of phosphoric ester groups is 1. The Bertz CT molecular complexity index is 982. The maximum absolute atomic E-state index is 12.7. The number of hydrogen-bond donors (Lipinski definition) is 3. The predicted molar refractivity (Wildman–Crippen MR) is 252 cm³/mol. The number of aliphatic hydroxyl groups excluding tert-OH is 2. The Morgan fingerprint density at radius 2 is 0.705 bits per heavy atom. The van der Waals surface area contributed by atoms with Gasteiger partial charge in [-0.05, 0) is 12.8 Å². The molecule has 3 atom stereocenters. The Hall–Kier alpha value is -1.03. The summed E-state index contributed by atoms with van der Waals surface area (Å²) in [7, 11) is -4.61. The van der Waals surface area contributed by atoms with Crippen molar-refractivity contribution in [3.05, 3.63) is 0 Å². The number of unbranched alkanes of at least 4 members (excludes halogenated alkanes) is 36. The number of rotatable bonds is 50. The molecule has 0 saturated carbocycles. The van der Waals surface area contributed by atoms with Gasteiger partial charge in [0.2, 0.25) is 0 Å². The van der Waals surface area contributed by atoms with Crippen LogP contribution in [-0.4, -0.2) is 65.7 Å². The molecule has 364 valence electrons. The fraction of sp³-hybridized carbons (Fsp3) is 0.960. The minimum atomic E-state index is -4.61. The van der Waals surface area contributed by atoms with E-state index in [1.165, 1.54) is 199 Å². The van der Waals surface area contributed by atoms with Crippen molar-refractivity contribution in [3.8, 4) is 0 Å². The Labute approximate surface area is 375 Å². The lowest BCUT2D eigenvalue weighted by Gasteiger charge is -2.20. The molecule has 0 saturated heterocycles. The number of aliphatic hydroxyl groups is 2. The highest BCUT2D eigenvalue weighted by Gasteiger charge is 2.27. The van der Waals surface area contributed by atoms with E-state index in [-0.39, 0.29) is 19.4 Å². The summed E-state index contributed by atoms with van der Waals surface area (Å²) in [6.07, 6.45) is 46.4. The van der Waals surface area contributed by atoms with Gasteiger partial charge in [-0.25, -0.2) is 4.57 Å². The van der Waals surface area contributed by atoms with E-state index in [1.54, 1.807) is 0 Å². The molecular formula is C50H99O10P. The SMILES string of the molecule is CCCCCCCCCCCCCCCCCCCCCCCCC(=O)OC(COC(=O)CCCCCCCCCCCCCCCCCC)COP(=O)(O)OCC(O)CO. The molecule has 3 N–H and O–H groups in total. The van der Waals surface area contributed by atoms with Crippen LogP contribution in [0, 0.1) is 0 Å². The number of phosphoric acid groups is 1. The van der Waals surface area contributed by atoms with E-state index >= 15 is 0 Å². The van der Waals surface area contributed by atoms with Gasteiger partial charge < -0.3 is 24.6 Å². The van der Waals surface area contributed by atoms with Gasteiger partial charge in [0.1, 0.15) is 12.7 Å². The average Bonchev–Trinajstić information content (AvgIpc) is 3.25. The van der Waals surface area contributed by atoms with E-state index in [0.717, 1.165) is 32.1 Å². The molecule has 3 unspecified atom stereocenters. The second-order valence-electron chi connectivity index (χ2n) is 17.9. The van der Waals surface area contributed by atoms with Crippen LogP contribution in [-0.2, 0) is 32.7 Å². The summed E-state index contributed by atoms with van der Waals surface area (Å²) >= 11 is 0. The van der Waals surface area contributed by atoms with Crippen LogP contribution in [0.1, 0.15) is 271 Å². The van der Waals surface area contributed by atoms with Crippen LogP contribution in [0.15, 0.2) is 0 Å². The van der Waals surface area contributed by atoms with Crippen molar-refractivity contribution < 1.29 is 47.8 Å².